The van der Waals surface area contributed by atoms with Gasteiger partial charge < -0.3 is 14.6 Å². The lowest BCUT2D eigenvalue weighted by Crippen LogP contribution is -2.24. The zero-order chi connectivity index (χ0) is 19.6. The SMILES string of the molecule is COc1cccc2c(C)cc(=O)n(CCC(=O)Nc3cc(C)ccc3C)c12. The highest BCUT2D eigenvalue weighted by molar-refractivity contribution is 5.92. The Morgan fingerprint density at radius 1 is 1.07 bits per heavy atom. The molecular formula is C22H24N2O3. The molecule has 0 fully saturated rings. The zero-order valence-electron chi connectivity index (χ0n) is 16.1. The van der Waals surface area contributed by atoms with Crippen LogP contribution in [0, 0.1) is 20.8 Å². The van der Waals surface area contributed by atoms with Gasteiger partial charge in [0, 0.05) is 30.1 Å². The molecule has 1 aromatic heterocycles. The molecular weight excluding hydrogens is 340 g/mol. The Morgan fingerprint density at radius 3 is 2.59 bits per heavy atom. The average molecular weight is 364 g/mol. The fourth-order valence-electron chi connectivity index (χ4n) is 3.25. The fourth-order valence-corrected chi connectivity index (χ4v) is 3.25. The van der Waals surface area contributed by atoms with E-state index in [-0.39, 0.29) is 24.4 Å². The summed E-state index contributed by atoms with van der Waals surface area (Å²) in [6.45, 7) is 6.13. The summed E-state index contributed by atoms with van der Waals surface area (Å²) < 4.78 is 7.06. The smallest absolute Gasteiger partial charge is 0.251 e. The zero-order valence-corrected chi connectivity index (χ0v) is 16.1. The molecule has 0 radical (unpaired) electrons. The molecule has 0 aliphatic heterocycles. The minimum Gasteiger partial charge on any atom is -0.495 e. The lowest BCUT2D eigenvalue weighted by atomic mass is 10.1. The molecule has 3 aromatic rings. The maximum absolute atomic E-state index is 12.6. The monoisotopic (exact) mass is 364 g/mol. The second kappa shape index (κ2) is 7.66. The summed E-state index contributed by atoms with van der Waals surface area (Å²) >= 11 is 0. The number of carbonyl (C=O) groups excluding carboxylic acids is 1. The van der Waals surface area contributed by atoms with Crippen molar-refractivity contribution in [1.82, 2.24) is 4.57 Å². The van der Waals surface area contributed by atoms with Crippen LogP contribution in [0.3, 0.4) is 0 Å². The topological polar surface area (TPSA) is 60.3 Å². The minimum absolute atomic E-state index is 0.126. The predicted molar refractivity (Wildman–Crippen MR) is 109 cm³/mol. The molecule has 0 saturated heterocycles. The Hall–Kier alpha value is -3.08. The van der Waals surface area contributed by atoms with Gasteiger partial charge in [0.25, 0.3) is 5.56 Å². The van der Waals surface area contributed by atoms with Gasteiger partial charge in [0.15, 0.2) is 0 Å². The van der Waals surface area contributed by atoms with E-state index in [0.717, 1.165) is 33.3 Å². The number of anilines is 1. The molecule has 27 heavy (non-hydrogen) atoms. The van der Waals surface area contributed by atoms with Crippen LogP contribution in [0.4, 0.5) is 5.69 Å². The van der Waals surface area contributed by atoms with Gasteiger partial charge in [-0.1, -0.05) is 24.3 Å². The van der Waals surface area contributed by atoms with Crippen LogP contribution in [0.1, 0.15) is 23.1 Å². The fraction of sp³-hybridized carbons (Fsp3) is 0.273. The van der Waals surface area contributed by atoms with Crippen molar-refractivity contribution < 1.29 is 9.53 Å². The molecule has 1 heterocycles. The van der Waals surface area contributed by atoms with E-state index in [1.807, 2.05) is 57.2 Å². The average Bonchev–Trinajstić information content (AvgIpc) is 2.64. The normalized spacial score (nSPS) is 10.8. The molecule has 3 rings (SSSR count). The van der Waals surface area contributed by atoms with Crippen molar-refractivity contribution >= 4 is 22.5 Å². The second-order valence-corrected chi connectivity index (χ2v) is 6.79. The molecule has 0 aliphatic carbocycles. The Morgan fingerprint density at radius 2 is 1.85 bits per heavy atom. The third kappa shape index (κ3) is 3.87. The van der Waals surface area contributed by atoms with E-state index in [1.165, 1.54) is 0 Å². The minimum atomic E-state index is -0.135. The summed E-state index contributed by atoms with van der Waals surface area (Å²) in [6, 6.07) is 13.2. The first-order valence-corrected chi connectivity index (χ1v) is 8.95. The molecule has 0 aliphatic rings. The summed E-state index contributed by atoms with van der Waals surface area (Å²) in [5.41, 5.74) is 4.38. The first-order valence-electron chi connectivity index (χ1n) is 8.95. The van der Waals surface area contributed by atoms with Crippen molar-refractivity contribution in [3.63, 3.8) is 0 Å². The van der Waals surface area contributed by atoms with Gasteiger partial charge >= 0.3 is 0 Å². The van der Waals surface area contributed by atoms with Gasteiger partial charge in [-0.25, -0.2) is 0 Å². The molecule has 0 spiro atoms. The number of fused-ring (bicyclic) bond motifs is 1. The molecule has 1 N–H and O–H groups in total. The maximum Gasteiger partial charge on any atom is 0.251 e. The van der Waals surface area contributed by atoms with Gasteiger partial charge in [0.2, 0.25) is 5.91 Å². The van der Waals surface area contributed by atoms with Crippen LogP contribution >= 0.6 is 0 Å². The molecule has 5 nitrogen and oxygen atoms in total. The predicted octanol–water partition coefficient (Wildman–Crippen LogP) is 3.96. The highest BCUT2D eigenvalue weighted by atomic mass is 16.5. The Bertz CT molecular complexity index is 1070. The van der Waals surface area contributed by atoms with Crippen LogP contribution in [0.15, 0.2) is 47.3 Å². The van der Waals surface area contributed by atoms with Gasteiger partial charge in [-0.2, -0.15) is 0 Å². The number of para-hydroxylation sites is 1. The number of hydrogen-bond acceptors (Lipinski definition) is 3. The van der Waals surface area contributed by atoms with E-state index in [1.54, 1.807) is 17.7 Å². The number of ether oxygens (including phenoxy) is 1. The quantitative estimate of drug-likeness (QED) is 0.745. The second-order valence-electron chi connectivity index (χ2n) is 6.79. The number of nitrogens with zero attached hydrogens (tertiary/aromatic N) is 1. The van der Waals surface area contributed by atoms with E-state index >= 15 is 0 Å². The summed E-state index contributed by atoms with van der Waals surface area (Å²) in [6.07, 6.45) is 0.198. The Labute approximate surface area is 158 Å². The van der Waals surface area contributed by atoms with Gasteiger partial charge in [-0.15, -0.1) is 0 Å². The number of rotatable bonds is 5. The van der Waals surface area contributed by atoms with E-state index < -0.39 is 0 Å². The first-order chi connectivity index (χ1) is 12.9. The molecule has 2 aromatic carbocycles. The van der Waals surface area contributed by atoms with Crippen molar-refractivity contribution in [2.24, 2.45) is 0 Å². The highest BCUT2D eigenvalue weighted by Crippen LogP contribution is 2.26. The number of amides is 1. The van der Waals surface area contributed by atoms with E-state index in [9.17, 15) is 9.59 Å². The third-order valence-electron chi connectivity index (χ3n) is 4.75. The largest absolute Gasteiger partial charge is 0.495 e. The van der Waals surface area contributed by atoms with Gasteiger partial charge in [-0.05, 0) is 49.6 Å². The number of benzene rings is 2. The summed E-state index contributed by atoms with van der Waals surface area (Å²) in [5, 5.41) is 3.89. The molecule has 1 amide bonds. The number of nitrogens with one attached hydrogen (secondary N) is 1. The number of aryl methyl sites for hydroxylation is 4. The number of carbonyl (C=O) groups is 1. The number of aromatic nitrogens is 1. The Kier molecular flexibility index (Phi) is 5.31. The van der Waals surface area contributed by atoms with Gasteiger partial charge in [-0.3, -0.25) is 9.59 Å². The molecule has 5 heteroatoms. The van der Waals surface area contributed by atoms with Crippen LogP contribution < -0.4 is 15.6 Å². The lowest BCUT2D eigenvalue weighted by molar-refractivity contribution is -0.116. The standard InChI is InChI=1S/C22H24N2O3/c1-14-8-9-15(2)18(12-14)23-20(25)10-11-24-21(26)13-16(3)17-6-5-7-19(27-4)22(17)24/h5-9,12-13H,10-11H2,1-4H3,(H,23,25). The van der Waals surface area contributed by atoms with E-state index in [0.29, 0.717) is 5.75 Å². The molecule has 0 atom stereocenters. The van der Waals surface area contributed by atoms with E-state index in [4.69, 9.17) is 4.74 Å². The van der Waals surface area contributed by atoms with Gasteiger partial charge in [0.1, 0.15) is 5.75 Å². The Balaban J connectivity index is 1.88. The van der Waals surface area contributed by atoms with Crippen molar-refractivity contribution in [3.8, 4) is 5.75 Å². The van der Waals surface area contributed by atoms with Crippen LogP contribution in [0.25, 0.3) is 10.9 Å². The van der Waals surface area contributed by atoms with Crippen LogP contribution in [0.2, 0.25) is 0 Å². The van der Waals surface area contributed by atoms with E-state index in [2.05, 4.69) is 5.32 Å². The summed E-state index contributed by atoms with van der Waals surface area (Å²) in [5.74, 6) is 0.502. The summed E-state index contributed by atoms with van der Waals surface area (Å²) in [7, 11) is 1.58. The van der Waals surface area contributed by atoms with Crippen LogP contribution in [0.5, 0.6) is 5.75 Å². The lowest BCUT2D eigenvalue weighted by Gasteiger charge is -2.15. The van der Waals surface area contributed by atoms with Crippen molar-refractivity contribution in [1.29, 1.82) is 0 Å². The molecule has 0 unspecified atom stereocenters. The van der Waals surface area contributed by atoms with Crippen molar-refractivity contribution in [2.45, 2.75) is 33.7 Å². The third-order valence-corrected chi connectivity index (χ3v) is 4.75. The van der Waals surface area contributed by atoms with Crippen molar-refractivity contribution in [2.75, 3.05) is 12.4 Å². The number of methoxy groups -OCH3 is 1. The number of hydrogen-bond donors (Lipinski definition) is 1. The van der Waals surface area contributed by atoms with Crippen LogP contribution in [-0.4, -0.2) is 17.6 Å². The van der Waals surface area contributed by atoms with Crippen LogP contribution in [-0.2, 0) is 11.3 Å². The molecule has 140 valence electrons. The number of pyridine rings is 1. The molecule has 0 bridgehead atoms. The van der Waals surface area contributed by atoms with Crippen molar-refractivity contribution in [3.05, 3.63) is 69.5 Å². The first kappa shape index (κ1) is 18.7. The summed E-state index contributed by atoms with van der Waals surface area (Å²) in [4.78, 5) is 25.0. The van der Waals surface area contributed by atoms with Gasteiger partial charge in [0.05, 0.1) is 12.6 Å². The maximum atomic E-state index is 12.6. The molecule has 0 saturated carbocycles. The highest BCUT2D eigenvalue weighted by Gasteiger charge is 2.13.